The molecule has 22 heavy (non-hydrogen) atoms. The number of hydrogen-bond acceptors (Lipinski definition) is 1. The molecule has 1 aliphatic carbocycles. The summed E-state index contributed by atoms with van der Waals surface area (Å²) in [6.45, 7) is 11.6. The van der Waals surface area contributed by atoms with Gasteiger partial charge in [-0.15, -0.1) is 0 Å². The summed E-state index contributed by atoms with van der Waals surface area (Å²) in [6, 6.07) is 8.66. The van der Waals surface area contributed by atoms with E-state index in [1.165, 1.54) is 9.06 Å². The van der Waals surface area contributed by atoms with E-state index < -0.39 is 16.4 Å². The third-order valence-corrected chi connectivity index (χ3v) is 9.12. The van der Waals surface area contributed by atoms with Gasteiger partial charge in [0.15, 0.2) is 0 Å². The normalized spacial score (nSPS) is 14.5. The summed E-state index contributed by atoms with van der Waals surface area (Å²) in [5, 5.41) is 3.01. The van der Waals surface area contributed by atoms with Crippen LogP contribution in [0, 0.1) is 0 Å². The molecule has 2 rings (SSSR count). The van der Waals surface area contributed by atoms with E-state index in [9.17, 15) is 0 Å². The first-order valence-electron chi connectivity index (χ1n) is 7.12. The fourth-order valence-corrected chi connectivity index (χ4v) is 8.30. The summed E-state index contributed by atoms with van der Waals surface area (Å²) in [5.74, 6) is 1.11. The Bertz CT molecular complexity index is 578. The van der Waals surface area contributed by atoms with Crippen molar-refractivity contribution in [1.29, 1.82) is 0 Å². The Morgan fingerprint density at radius 2 is 1.59 bits per heavy atom. The maximum Gasteiger partial charge on any atom is -1.00 e. The van der Waals surface area contributed by atoms with Crippen LogP contribution in [0.3, 0.4) is 0 Å². The number of halogens is 2. The van der Waals surface area contributed by atoms with E-state index in [0.717, 1.165) is 12.2 Å². The van der Waals surface area contributed by atoms with E-state index in [2.05, 4.69) is 89.6 Å². The topological polar surface area (TPSA) is 9.23 Å². The summed E-state index contributed by atoms with van der Waals surface area (Å²) < 4.78 is 7.87. The van der Waals surface area contributed by atoms with E-state index in [0.29, 0.717) is 0 Å². The second-order valence-corrected chi connectivity index (χ2v) is 16.5. The quantitative estimate of drug-likeness (QED) is 0.533. The molecular formula is C16H23Cl2OSi2Ti. The SMILES string of the molecule is C[Si](C)(C)Oc1ccccc1[Si](C)(C)C1=[C]([Ti+2])CC=C1.[Cl-].[Cl-]. The van der Waals surface area contributed by atoms with Crippen LogP contribution in [0.2, 0.25) is 32.7 Å². The molecule has 0 saturated carbocycles. The van der Waals surface area contributed by atoms with Crippen LogP contribution in [0.25, 0.3) is 0 Å². The number of hydrogen-bond donors (Lipinski definition) is 0. The maximum absolute atomic E-state index is 6.34. The Hall–Kier alpha value is 0.228. The standard InChI is InChI=1S/C16H23OSi2.2ClH.Ti/c1-18(2,3)17-15-12-8-9-13-16(15)19(4,5)14-10-6-7-11-14;;;/h6,8-10,12-13H,7H2,1-5H3;2*1H;/q;;;+2/p-2. The minimum absolute atomic E-state index is 0. The van der Waals surface area contributed by atoms with Crippen molar-refractivity contribution in [2.75, 3.05) is 0 Å². The Morgan fingerprint density at radius 1 is 1.00 bits per heavy atom. The minimum Gasteiger partial charge on any atom is -1.00 e. The molecule has 6 heteroatoms. The van der Waals surface area contributed by atoms with Crippen molar-refractivity contribution >= 4 is 21.6 Å². The van der Waals surface area contributed by atoms with Gasteiger partial charge < -0.3 is 24.8 Å². The van der Waals surface area contributed by atoms with Gasteiger partial charge in [0, 0.05) is 0 Å². The first kappa shape index (κ1) is 22.2. The molecule has 0 unspecified atom stereocenters. The molecule has 0 amide bonds. The van der Waals surface area contributed by atoms with Gasteiger partial charge in [-0.05, 0) is 0 Å². The zero-order valence-electron chi connectivity index (χ0n) is 13.8. The Kier molecular flexibility index (Phi) is 8.45. The van der Waals surface area contributed by atoms with Crippen LogP contribution >= 0.6 is 0 Å². The molecule has 0 N–H and O–H groups in total. The van der Waals surface area contributed by atoms with Gasteiger partial charge in [-0.2, -0.15) is 0 Å². The van der Waals surface area contributed by atoms with Crippen molar-refractivity contribution in [3.63, 3.8) is 0 Å². The Morgan fingerprint density at radius 3 is 2.09 bits per heavy atom. The zero-order chi connectivity index (χ0) is 15.0. The summed E-state index contributed by atoms with van der Waals surface area (Å²) in [5.41, 5.74) is 0. The molecule has 1 aromatic rings. The molecule has 119 valence electrons. The molecule has 0 fully saturated rings. The monoisotopic (exact) mass is 405 g/mol. The fourth-order valence-electron chi connectivity index (χ4n) is 2.64. The summed E-state index contributed by atoms with van der Waals surface area (Å²) in [6.07, 6.45) is 5.75. The predicted molar refractivity (Wildman–Crippen MR) is 88.3 cm³/mol. The van der Waals surface area contributed by atoms with Crippen LogP contribution in [0.4, 0.5) is 0 Å². The van der Waals surface area contributed by atoms with Crippen LogP contribution < -0.4 is 34.4 Å². The van der Waals surface area contributed by atoms with Gasteiger partial charge in [-0.1, -0.05) is 0 Å². The number of rotatable bonds is 4. The molecule has 1 aliphatic rings. The van der Waals surface area contributed by atoms with Gasteiger partial charge in [-0.3, -0.25) is 0 Å². The van der Waals surface area contributed by atoms with Crippen molar-refractivity contribution < 1.29 is 49.7 Å². The smallest absolute Gasteiger partial charge is 1.00 e. The Balaban J connectivity index is 0.00000220. The average molecular weight is 406 g/mol. The molecule has 0 aliphatic heterocycles. The van der Waals surface area contributed by atoms with Crippen LogP contribution in [0.5, 0.6) is 5.75 Å². The number of para-hydroxylation sites is 1. The molecule has 0 atom stereocenters. The van der Waals surface area contributed by atoms with Crippen molar-refractivity contribution in [2.45, 2.75) is 39.2 Å². The van der Waals surface area contributed by atoms with Gasteiger partial charge in [0.2, 0.25) is 0 Å². The van der Waals surface area contributed by atoms with Crippen LogP contribution in [-0.2, 0) is 20.4 Å². The number of allylic oxidation sites excluding steroid dienone is 4. The fraction of sp³-hybridized carbons (Fsp3) is 0.375. The predicted octanol–water partition coefficient (Wildman–Crippen LogP) is -1.88. The second-order valence-electron chi connectivity index (χ2n) is 6.83. The van der Waals surface area contributed by atoms with Crippen LogP contribution in [-0.4, -0.2) is 16.4 Å². The second kappa shape index (κ2) is 8.36. The summed E-state index contributed by atoms with van der Waals surface area (Å²) in [4.78, 5) is 0. The zero-order valence-corrected chi connectivity index (χ0v) is 18.9. The molecule has 0 saturated heterocycles. The minimum atomic E-state index is -1.66. The summed E-state index contributed by atoms with van der Waals surface area (Å²) >= 11 is 2.27. The molecule has 0 aromatic heterocycles. The third kappa shape index (κ3) is 5.12. The van der Waals surface area contributed by atoms with Crippen molar-refractivity contribution in [3.05, 3.63) is 45.5 Å². The van der Waals surface area contributed by atoms with Crippen LogP contribution in [0.15, 0.2) is 45.5 Å². The first-order chi connectivity index (χ1) is 9.22. The van der Waals surface area contributed by atoms with Crippen LogP contribution in [0.1, 0.15) is 6.42 Å². The largest absolute Gasteiger partial charge is 1.00 e. The number of benzene rings is 1. The summed E-state index contributed by atoms with van der Waals surface area (Å²) in [7, 11) is -3.24. The van der Waals surface area contributed by atoms with E-state index in [1.807, 2.05) is 0 Å². The van der Waals surface area contributed by atoms with Gasteiger partial charge in [0.1, 0.15) is 0 Å². The van der Waals surface area contributed by atoms with E-state index in [4.69, 9.17) is 4.43 Å². The van der Waals surface area contributed by atoms with Gasteiger partial charge in [0.05, 0.1) is 0 Å². The van der Waals surface area contributed by atoms with Gasteiger partial charge in [-0.25, -0.2) is 0 Å². The molecule has 1 nitrogen and oxygen atoms in total. The maximum atomic E-state index is 6.34. The van der Waals surface area contributed by atoms with E-state index in [1.54, 1.807) is 5.20 Å². The van der Waals surface area contributed by atoms with Crippen molar-refractivity contribution in [1.82, 2.24) is 0 Å². The molecule has 0 heterocycles. The van der Waals surface area contributed by atoms with Crippen molar-refractivity contribution in [2.24, 2.45) is 0 Å². The molecule has 0 spiro atoms. The molecular weight excluding hydrogens is 383 g/mol. The van der Waals surface area contributed by atoms with Gasteiger partial charge >= 0.3 is 137 Å². The first-order valence-corrected chi connectivity index (χ1v) is 14.3. The molecule has 0 radical (unpaired) electrons. The average Bonchev–Trinajstić information content (AvgIpc) is 2.74. The molecule has 1 aromatic carbocycles. The van der Waals surface area contributed by atoms with E-state index >= 15 is 0 Å². The Labute approximate surface area is 161 Å². The van der Waals surface area contributed by atoms with Crippen molar-refractivity contribution in [3.8, 4) is 5.75 Å². The van der Waals surface area contributed by atoms with Gasteiger partial charge in [0.25, 0.3) is 0 Å². The molecule has 0 bridgehead atoms. The van der Waals surface area contributed by atoms with E-state index in [-0.39, 0.29) is 24.8 Å². The third-order valence-electron chi connectivity index (χ3n) is 3.58.